The van der Waals surface area contributed by atoms with E-state index in [2.05, 4.69) is 20.0 Å². The number of methoxy groups -OCH3 is 1. The van der Waals surface area contributed by atoms with Gasteiger partial charge in [0.1, 0.15) is 12.4 Å². The summed E-state index contributed by atoms with van der Waals surface area (Å²) in [4.78, 5) is 10.1. The summed E-state index contributed by atoms with van der Waals surface area (Å²) in [6.07, 6.45) is 2.74. The first-order valence-electron chi connectivity index (χ1n) is 7.58. The molecule has 0 unspecified atom stereocenters. The number of rotatable bonds is 8. The zero-order valence-electron chi connectivity index (χ0n) is 13.9. The molecule has 0 spiro atoms. The van der Waals surface area contributed by atoms with Crippen molar-refractivity contribution in [1.82, 2.24) is 20.0 Å². The number of alkyl halides is 2. The number of aromatic nitrogens is 4. The van der Waals surface area contributed by atoms with Crippen LogP contribution in [-0.4, -0.2) is 38.6 Å². The normalized spacial score (nSPS) is 11.0. The van der Waals surface area contributed by atoms with Gasteiger partial charge < -0.3 is 13.9 Å². The molecule has 0 radical (unpaired) electrons. The highest BCUT2D eigenvalue weighted by Gasteiger charge is 2.15. The van der Waals surface area contributed by atoms with Gasteiger partial charge in [0.05, 0.1) is 12.0 Å². The minimum atomic E-state index is -2.97. The first-order valence-corrected chi connectivity index (χ1v) is 7.58. The molecule has 1 aromatic carbocycles. The van der Waals surface area contributed by atoms with E-state index >= 15 is 0 Å². The molecule has 0 saturated heterocycles. The van der Waals surface area contributed by atoms with E-state index in [1.807, 2.05) is 0 Å². The van der Waals surface area contributed by atoms with Gasteiger partial charge in [-0.15, -0.1) is 10.2 Å². The molecular weight excluding hydrogens is 368 g/mol. The second-order valence-electron chi connectivity index (χ2n) is 5.21. The van der Waals surface area contributed by atoms with Crippen LogP contribution in [0.15, 0.2) is 35.0 Å². The van der Waals surface area contributed by atoms with E-state index in [9.17, 15) is 18.9 Å². The Labute approximate surface area is 150 Å². The van der Waals surface area contributed by atoms with Gasteiger partial charge in [0.2, 0.25) is 11.8 Å². The van der Waals surface area contributed by atoms with Gasteiger partial charge in [-0.2, -0.15) is 13.9 Å². The van der Waals surface area contributed by atoms with E-state index in [-0.39, 0.29) is 29.0 Å². The van der Waals surface area contributed by atoms with Gasteiger partial charge in [-0.1, -0.05) is 0 Å². The number of benzene rings is 1. The van der Waals surface area contributed by atoms with Crippen LogP contribution in [0.1, 0.15) is 5.89 Å². The Morgan fingerprint density at radius 3 is 2.81 bits per heavy atom. The van der Waals surface area contributed by atoms with Crippen molar-refractivity contribution in [2.24, 2.45) is 0 Å². The highest BCUT2D eigenvalue weighted by molar-refractivity contribution is 5.59. The molecule has 3 aromatic rings. The first-order chi connectivity index (χ1) is 13.0. The highest BCUT2D eigenvalue weighted by Crippen LogP contribution is 2.33. The van der Waals surface area contributed by atoms with Crippen LogP contribution in [0.25, 0.3) is 11.5 Å². The second kappa shape index (κ2) is 7.76. The minimum Gasteiger partial charge on any atom is -0.493 e. The smallest absolute Gasteiger partial charge is 0.387 e. The van der Waals surface area contributed by atoms with Gasteiger partial charge in [0.15, 0.2) is 11.5 Å². The van der Waals surface area contributed by atoms with Crippen LogP contribution in [0, 0.1) is 10.1 Å². The number of nitro groups is 1. The Morgan fingerprint density at radius 1 is 1.33 bits per heavy atom. The quantitative estimate of drug-likeness (QED) is 0.432. The topological polar surface area (TPSA) is 118 Å². The molecule has 0 aliphatic heterocycles. The van der Waals surface area contributed by atoms with Crippen molar-refractivity contribution in [3.05, 3.63) is 46.6 Å². The number of hydrogen-bond acceptors (Lipinski definition) is 8. The van der Waals surface area contributed by atoms with Crippen LogP contribution < -0.4 is 9.47 Å². The molecule has 3 rings (SSSR count). The first kappa shape index (κ1) is 18.2. The van der Waals surface area contributed by atoms with Gasteiger partial charge in [0, 0.05) is 18.5 Å². The Hall–Kier alpha value is -3.57. The van der Waals surface area contributed by atoms with E-state index in [4.69, 9.17) is 9.15 Å². The monoisotopic (exact) mass is 381 g/mol. The summed E-state index contributed by atoms with van der Waals surface area (Å²) in [7, 11) is 1.32. The van der Waals surface area contributed by atoms with Crippen molar-refractivity contribution in [1.29, 1.82) is 0 Å². The maximum atomic E-state index is 12.4. The third-order valence-corrected chi connectivity index (χ3v) is 3.48. The SMILES string of the molecule is COc1cc(-c2nnc(CCn3cc([N+](=O)[O-])cn3)o2)ccc1OC(F)F. The minimum absolute atomic E-state index is 0.0939. The van der Waals surface area contributed by atoms with Crippen molar-refractivity contribution in [2.75, 3.05) is 7.11 Å². The zero-order valence-corrected chi connectivity index (χ0v) is 13.9. The number of nitrogens with zero attached hydrogens (tertiary/aromatic N) is 5. The fourth-order valence-corrected chi connectivity index (χ4v) is 2.24. The molecule has 0 aliphatic rings. The third-order valence-electron chi connectivity index (χ3n) is 3.48. The summed E-state index contributed by atoms with van der Waals surface area (Å²) in [6.45, 7) is -2.67. The van der Waals surface area contributed by atoms with E-state index < -0.39 is 11.5 Å². The third kappa shape index (κ3) is 4.34. The van der Waals surface area contributed by atoms with Crippen molar-refractivity contribution in [3.63, 3.8) is 0 Å². The summed E-state index contributed by atoms with van der Waals surface area (Å²) in [5.74, 6) is 0.432. The molecule has 0 atom stereocenters. The van der Waals surface area contributed by atoms with Crippen molar-refractivity contribution < 1.29 is 27.6 Å². The van der Waals surface area contributed by atoms with Gasteiger partial charge >= 0.3 is 12.3 Å². The fraction of sp³-hybridized carbons (Fsp3) is 0.267. The van der Waals surface area contributed by atoms with E-state index in [0.29, 0.717) is 18.5 Å². The largest absolute Gasteiger partial charge is 0.493 e. The molecule has 142 valence electrons. The van der Waals surface area contributed by atoms with Crippen LogP contribution in [-0.2, 0) is 13.0 Å². The van der Waals surface area contributed by atoms with Crippen molar-refractivity contribution >= 4 is 5.69 Å². The summed E-state index contributed by atoms with van der Waals surface area (Å²) >= 11 is 0. The fourth-order valence-electron chi connectivity index (χ4n) is 2.24. The van der Waals surface area contributed by atoms with Crippen molar-refractivity contribution in [3.8, 4) is 23.0 Å². The molecule has 2 aromatic heterocycles. The molecule has 0 amide bonds. The van der Waals surface area contributed by atoms with Gasteiger partial charge in [0.25, 0.3) is 0 Å². The van der Waals surface area contributed by atoms with E-state index in [0.717, 1.165) is 6.20 Å². The van der Waals surface area contributed by atoms with Crippen LogP contribution >= 0.6 is 0 Å². The Bertz CT molecular complexity index is 942. The van der Waals surface area contributed by atoms with Gasteiger partial charge in [-0.05, 0) is 18.2 Å². The van der Waals surface area contributed by atoms with Gasteiger partial charge in [-0.3, -0.25) is 14.8 Å². The van der Waals surface area contributed by atoms with E-state index in [1.165, 1.54) is 36.2 Å². The standard InChI is InChI=1S/C15H13F2N5O5/c1-25-12-6-9(2-3-11(12)26-15(16)17)14-20-19-13(27-14)4-5-21-8-10(7-18-21)22(23)24/h2-3,6-8,15H,4-5H2,1H3. The molecule has 10 nitrogen and oxygen atoms in total. The molecule has 0 bridgehead atoms. The summed E-state index contributed by atoms with van der Waals surface area (Å²) in [5.41, 5.74) is 0.348. The average molecular weight is 381 g/mol. The van der Waals surface area contributed by atoms with Gasteiger partial charge in [-0.25, -0.2) is 0 Å². The number of aryl methyl sites for hydroxylation is 2. The maximum absolute atomic E-state index is 12.4. The molecule has 0 N–H and O–H groups in total. The van der Waals surface area contributed by atoms with Crippen LogP contribution in [0.3, 0.4) is 0 Å². The highest BCUT2D eigenvalue weighted by atomic mass is 19.3. The lowest BCUT2D eigenvalue weighted by molar-refractivity contribution is -0.385. The van der Waals surface area contributed by atoms with Crippen LogP contribution in [0.5, 0.6) is 11.5 Å². The lowest BCUT2D eigenvalue weighted by Gasteiger charge is -2.10. The van der Waals surface area contributed by atoms with E-state index in [1.54, 1.807) is 0 Å². The number of ether oxygens (including phenoxy) is 2. The Kier molecular flexibility index (Phi) is 5.24. The zero-order chi connectivity index (χ0) is 19.4. The molecule has 2 heterocycles. The molecule has 0 saturated carbocycles. The number of hydrogen-bond donors (Lipinski definition) is 0. The summed E-state index contributed by atoms with van der Waals surface area (Å²) < 4.78 is 41.0. The molecule has 0 fully saturated rings. The predicted octanol–water partition coefficient (Wildman–Crippen LogP) is 2.69. The molecule has 27 heavy (non-hydrogen) atoms. The maximum Gasteiger partial charge on any atom is 0.387 e. The summed E-state index contributed by atoms with van der Waals surface area (Å²) in [5, 5.41) is 22.3. The Balaban J connectivity index is 1.70. The predicted molar refractivity (Wildman–Crippen MR) is 85.5 cm³/mol. The lowest BCUT2D eigenvalue weighted by atomic mass is 10.2. The Morgan fingerprint density at radius 2 is 2.15 bits per heavy atom. The van der Waals surface area contributed by atoms with Crippen LogP contribution in [0.4, 0.5) is 14.5 Å². The summed E-state index contributed by atoms with van der Waals surface area (Å²) in [6, 6.07) is 4.23. The molecular formula is C15H13F2N5O5. The second-order valence-corrected chi connectivity index (χ2v) is 5.21. The lowest BCUT2D eigenvalue weighted by Crippen LogP contribution is -2.03. The number of halogens is 2. The average Bonchev–Trinajstić information content (AvgIpc) is 3.29. The van der Waals surface area contributed by atoms with Crippen LogP contribution in [0.2, 0.25) is 0 Å². The molecule has 12 heteroatoms. The molecule has 0 aliphatic carbocycles. The van der Waals surface area contributed by atoms with Crippen molar-refractivity contribution in [2.45, 2.75) is 19.6 Å².